The quantitative estimate of drug-likeness (QED) is 0.477. The van der Waals surface area contributed by atoms with E-state index in [-0.39, 0.29) is 11.3 Å². The van der Waals surface area contributed by atoms with Crippen LogP contribution < -0.4 is 0 Å². The third-order valence-electron chi connectivity index (χ3n) is 1.60. The SMILES string of the molecule is CCCCCC(C)N([O-])O. The molecule has 0 saturated carbocycles. The van der Waals surface area contributed by atoms with Gasteiger partial charge in [0, 0.05) is 6.04 Å². The predicted molar refractivity (Wildman–Crippen MR) is 40.6 cm³/mol. The summed E-state index contributed by atoms with van der Waals surface area (Å²) >= 11 is 0. The molecular weight excluding hydrogens is 130 g/mol. The number of hydrogen-bond donors (Lipinski definition) is 1. The zero-order chi connectivity index (χ0) is 7.98. The van der Waals surface area contributed by atoms with E-state index in [1.165, 1.54) is 0 Å². The van der Waals surface area contributed by atoms with E-state index >= 15 is 0 Å². The lowest BCUT2D eigenvalue weighted by atomic mass is 10.1. The third-order valence-corrected chi connectivity index (χ3v) is 1.60. The van der Waals surface area contributed by atoms with Gasteiger partial charge in [0.25, 0.3) is 0 Å². The molecule has 0 aliphatic carbocycles. The van der Waals surface area contributed by atoms with Crippen LogP contribution in [0.25, 0.3) is 0 Å². The molecule has 10 heavy (non-hydrogen) atoms. The van der Waals surface area contributed by atoms with Crippen molar-refractivity contribution in [3.63, 3.8) is 0 Å². The van der Waals surface area contributed by atoms with Crippen LogP contribution in [0.2, 0.25) is 0 Å². The van der Waals surface area contributed by atoms with Crippen LogP contribution in [0.1, 0.15) is 39.5 Å². The molecule has 0 aliphatic heterocycles. The van der Waals surface area contributed by atoms with Gasteiger partial charge < -0.3 is 10.4 Å². The second-order valence-electron chi connectivity index (χ2n) is 2.65. The maximum Gasteiger partial charge on any atom is 0.0188 e. The van der Waals surface area contributed by atoms with E-state index in [9.17, 15) is 5.21 Å². The normalized spacial score (nSPS) is 14.1. The maximum absolute atomic E-state index is 10.2. The number of hydroxylamine groups is 2. The van der Waals surface area contributed by atoms with Gasteiger partial charge in [-0.1, -0.05) is 26.2 Å². The predicted octanol–water partition coefficient (Wildman–Crippen LogP) is 2.14. The Balaban J connectivity index is 3.13. The Hall–Kier alpha value is -0.120. The first kappa shape index (κ1) is 9.88. The summed E-state index contributed by atoms with van der Waals surface area (Å²) in [7, 11) is 0. The van der Waals surface area contributed by atoms with Gasteiger partial charge in [-0.3, -0.25) is 5.23 Å². The Kier molecular flexibility index (Phi) is 5.58. The summed E-state index contributed by atoms with van der Waals surface area (Å²) < 4.78 is 0. The number of nitrogens with zero attached hydrogens (tertiary/aromatic N) is 1. The minimum atomic E-state index is -0.244. The van der Waals surface area contributed by atoms with Crippen LogP contribution in [0, 0.1) is 5.21 Å². The Labute approximate surface area is 62.2 Å². The summed E-state index contributed by atoms with van der Waals surface area (Å²) in [5.74, 6) is 0. The zero-order valence-corrected chi connectivity index (χ0v) is 6.71. The molecule has 0 spiro atoms. The molecule has 0 amide bonds. The van der Waals surface area contributed by atoms with Crippen molar-refractivity contribution in [1.29, 1.82) is 0 Å². The first-order valence-electron chi connectivity index (χ1n) is 3.83. The van der Waals surface area contributed by atoms with Crippen LogP contribution in [0.4, 0.5) is 0 Å². The monoisotopic (exact) mass is 146 g/mol. The second-order valence-corrected chi connectivity index (χ2v) is 2.65. The second kappa shape index (κ2) is 5.65. The Bertz CT molecular complexity index is 76.0. The smallest absolute Gasteiger partial charge is 0.0188 e. The fraction of sp³-hybridized carbons (Fsp3) is 1.00. The van der Waals surface area contributed by atoms with Crippen molar-refractivity contribution in [2.24, 2.45) is 0 Å². The average molecular weight is 146 g/mol. The van der Waals surface area contributed by atoms with Crippen LogP contribution in [0.5, 0.6) is 0 Å². The van der Waals surface area contributed by atoms with Crippen molar-refractivity contribution in [3.8, 4) is 0 Å². The Morgan fingerprint density at radius 3 is 2.50 bits per heavy atom. The molecule has 0 rings (SSSR count). The van der Waals surface area contributed by atoms with Gasteiger partial charge in [-0.05, 0) is 13.3 Å². The van der Waals surface area contributed by atoms with Gasteiger partial charge in [0.15, 0.2) is 0 Å². The van der Waals surface area contributed by atoms with Crippen LogP contribution in [0.15, 0.2) is 0 Å². The lowest BCUT2D eigenvalue weighted by Gasteiger charge is -2.27. The highest BCUT2D eigenvalue weighted by atomic mass is 16.8. The van der Waals surface area contributed by atoms with Crippen molar-refractivity contribution in [2.75, 3.05) is 0 Å². The minimum Gasteiger partial charge on any atom is -0.762 e. The molecule has 1 N–H and O–H groups in total. The Morgan fingerprint density at radius 2 is 2.10 bits per heavy atom. The van der Waals surface area contributed by atoms with E-state index in [1.54, 1.807) is 6.92 Å². The molecule has 0 aromatic carbocycles. The highest BCUT2D eigenvalue weighted by Crippen LogP contribution is 2.06. The van der Waals surface area contributed by atoms with Gasteiger partial charge in [-0.15, -0.1) is 0 Å². The highest BCUT2D eigenvalue weighted by molar-refractivity contribution is 4.58. The molecule has 3 nitrogen and oxygen atoms in total. The molecule has 0 saturated heterocycles. The van der Waals surface area contributed by atoms with E-state index in [1.807, 2.05) is 0 Å². The summed E-state index contributed by atoms with van der Waals surface area (Å²) in [4.78, 5) is 0. The molecule has 0 fully saturated rings. The van der Waals surface area contributed by atoms with Gasteiger partial charge in [0.05, 0.1) is 0 Å². The molecule has 0 bridgehead atoms. The highest BCUT2D eigenvalue weighted by Gasteiger charge is 1.99. The third kappa shape index (κ3) is 4.73. The van der Waals surface area contributed by atoms with Gasteiger partial charge in [-0.2, -0.15) is 0 Å². The van der Waals surface area contributed by atoms with Crippen LogP contribution in [-0.4, -0.2) is 16.5 Å². The molecule has 0 heterocycles. The molecule has 0 radical (unpaired) electrons. The van der Waals surface area contributed by atoms with Gasteiger partial charge in [0.2, 0.25) is 0 Å². The van der Waals surface area contributed by atoms with Crippen molar-refractivity contribution in [3.05, 3.63) is 5.21 Å². The van der Waals surface area contributed by atoms with Crippen LogP contribution >= 0.6 is 0 Å². The van der Waals surface area contributed by atoms with Crippen molar-refractivity contribution >= 4 is 0 Å². The molecule has 0 aliphatic rings. The molecule has 1 atom stereocenters. The van der Waals surface area contributed by atoms with Crippen LogP contribution in [0.3, 0.4) is 0 Å². The van der Waals surface area contributed by atoms with E-state index < -0.39 is 0 Å². The van der Waals surface area contributed by atoms with Gasteiger partial charge >= 0.3 is 0 Å². The molecular formula is C7H16NO2-. The van der Waals surface area contributed by atoms with Gasteiger partial charge in [-0.25, -0.2) is 0 Å². The number of rotatable bonds is 5. The molecule has 0 aromatic rings. The summed E-state index contributed by atoms with van der Waals surface area (Å²) in [6, 6.07) is -0.244. The lowest BCUT2D eigenvalue weighted by Crippen LogP contribution is -2.23. The summed E-state index contributed by atoms with van der Waals surface area (Å²) in [5, 5.41) is 18.6. The number of hydrogen-bond acceptors (Lipinski definition) is 3. The topological polar surface area (TPSA) is 46.5 Å². The summed E-state index contributed by atoms with van der Waals surface area (Å²) in [5.41, 5.74) is 0. The summed E-state index contributed by atoms with van der Waals surface area (Å²) in [6.07, 6.45) is 4.10. The first-order chi connectivity index (χ1) is 4.68. The zero-order valence-electron chi connectivity index (χ0n) is 6.71. The van der Waals surface area contributed by atoms with E-state index in [0.717, 1.165) is 25.7 Å². The molecule has 0 aromatic heterocycles. The van der Waals surface area contributed by atoms with Crippen molar-refractivity contribution in [1.82, 2.24) is 5.23 Å². The first-order valence-corrected chi connectivity index (χ1v) is 3.83. The van der Waals surface area contributed by atoms with Crippen LogP contribution in [-0.2, 0) is 0 Å². The number of unbranched alkanes of at least 4 members (excludes halogenated alkanes) is 2. The fourth-order valence-corrected chi connectivity index (χ4v) is 0.800. The van der Waals surface area contributed by atoms with E-state index in [4.69, 9.17) is 5.21 Å². The van der Waals surface area contributed by atoms with E-state index in [0.29, 0.717) is 0 Å². The van der Waals surface area contributed by atoms with Crippen molar-refractivity contribution in [2.45, 2.75) is 45.6 Å². The van der Waals surface area contributed by atoms with E-state index in [2.05, 4.69) is 6.92 Å². The minimum absolute atomic E-state index is 0.0374. The molecule has 1 unspecified atom stereocenters. The summed E-state index contributed by atoms with van der Waals surface area (Å²) in [6.45, 7) is 3.83. The average Bonchev–Trinajstić information content (AvgIpc) is 1.88. The molecule has 62 valence electrons. The molecule has 3 heteroatoms. The Morgan fingerprint density at radius 1 is 1.50 bits per heavy atom. The lowest BCUT2D eigenvalue weighted by molar-refractivity contribution is -0.0757. The van der Waals surface area contributed by atoms with Gasteiger partial charge in [0.1, 0.15) is 0 Å². The maximum atomic E-state index is 10.2. The van der Waals surface area contributed by atoms with Crippen molar-refractivity contribution < 1.29 is 5.21 Å². The largest absolute Gasteiger partial charge is 0.762 e. The standard InChI is InChI=1S/C7H16NO2/c1-3-4-5-6-7(2)8(9)10/h7,9H,3-6H2,1-2H3/q-1. The fourth-order valence-electron chi connectivity index (χ4n) is 0.800.